The fourth-order valence-corrected chi connectivity index (χ4v) is 4.38. The summed E-state index contributed by atoms with van der Waals surface area (Å²) >= 11 is 0. The van der Waals surface area contributed by atoms with Crippen LogP contribution in [-0.4, -0.2) is 43.2 Å². The van der Waals surface area contributed by atoms with Gasteiger partial charge in [0.2, 0.25) is 18.6 Å². The molecule has 3 aromatic carbocycles. The lowest BCUT2D eigenvalue weighted by atomic mass is 10.0. The summed E-state index contributed by atoms with van der Waals surface area (Å²) in [6.07, 6.45) is 2.03. The molecule has 0 saturated heterocycles. The molecular weight excluding hydrogens is 468 g/mol. The van der Waals surface area contributed by atoms with E-state index in [1.165, 1.54) is 0 Å². The van der Waals surface area contributed by atoms with Gasteiger partial charge in [-0.05, 0) is 53.8 Å². The number of carbonyl (C=O) groups is 2. The Labute approximate surface area is 218 Å². The van der Waals surface area contributed by atoms with E-state index in [0.717, 1.165) is 23.1 Å². The number of fused-ring (bicyclic) bond motifs is 1. The van der Waals surface area contributed by atoms with E-state index in [2.05, 4.69) is 5.32 Å². The molecule has 0 bridgehead atoms. The zero-order chi connectivity index (χ0) is 26.0. The predicted octanol–water partition coefficient (Wildman–Crippen LogP) is 4.52. The van der Waals surface area contributed by atoms with Gasteiger partial charge in [-0.1, -0.05) is 55.5 Å². The lowest BCUT2D eigenvalue weighted by Crippen LogP contribution is -2.50. The van der Waals surface area contributed by atoms with Gasteiger partial charge in [0.05, 0.1) is 7.11 Å². The van der Waals surface area contributed by atoms with Crippen LogP contribution in [0.1, 0.15) is 36.5 Å². The molecule has 0 spiro atoms. The Kier molecular flexibility index (Phi) is 9.03. The molecule has 0 fully saturated rings. The standard InChI is InChI=1S/C30H34N2O5/c1-3-16-31-30(34)26(18-22-8-5-4-6-9-22)32(20-24-10-7-11-25(17-24)35-2)29(33)15-13-23-12-14-27-28(19-23)37-21-36-27/h4-12,14,17,19,26H,3,13,15-16,18,20-21H2,1-2H3,(H,31,34)/t26-/m0/s1. The molecule has 0 saturated carbocycles. The third kappa shape index (κ3) is 7.03. The van der Waals surface area contributed by atoms with E-state index in [1.54, 1.807) is 12.0 Å². The molecule has 194 valence electrons. The number of hydrogen-bond donors (Lipinski definition) is 1. The second-order valence-electron chi connectivity index (χ2n) is 9.06. The van der Waals surface area contributed by atoms with E-state index in [0.29, 0.717) is 43.2 Å². The van der Waals surface area contributed by atoms with Crippen molar-refractivity contribution in [2.45, 2.75) is 45.2 Å². The minimum atomic E-state index is -0.649. The molecule has 0 radical (unpaired) electrons. The predicted molar refractivity (Wildman–Crippen MR) is 142 cm³/mol. The van der Waals surface area contributed by atoms with Crippen LogP contribution in [0.2, 0.25) is 0 Å². The van der Waals surface area contributed by atoms with Crippen LogP contribution in [0, 0.1) is 0 Å². The highest BCUT2D eigenvalue weighted by Gasteiger charge is 2.30. The Bertz CT molecular complexity index is 1200. The van der Waals surface area contributed by atoms with E-state index >= 15 is 0 Å². The smallest absolute Gasteiger partial charge is 0.243 e. The molecule has 1 aliphatic rings. The fraction of sp³-hybridized carbons (Fsp3) is 0.333. The average molecular weight is 503 g/mol. The number of nitrogens with one attached hydrogen (secondary N) is 1. The van der Waals surface area contributed by atoms with Crippen LogP contribution in [-0.2, 0) is 29.0 Å². The van der Waals surface area contributed by atoms with Crippen LogP contribution < -0.4 is 19.5 Å². The first-order valence-electron chi connectivity index (χ1n) is 12.7. The first-order chi connectivity index (χ1) is 18.1. The number of methoxy groups -OCH3 is 1. The number of benzene rings is 3. The summed E-state index contributed by atoms with van der Waals surface area (Å²) in [5.74, 6) is 1.88. The highest BCUT2D eigenvalue weighted by Crippen LogP contribution is 2.33. The van der Waals surface area contributed by atoms with Crippen LogP contribution in [0.5, 0.6) is 17.2 Å². The number of aryl methyl sites for hydroxylation is 1. The molecule has 0 aliphatic carbocycles. The van der Waals surface area contributed by atoms with Crippen molar-refractivity contribution in [1.29, 1.82) is 0 Å². The summed E-state index contributed by atoms with van der Waals surface area (Å²) < 4.78 is 16.3. The summed E-state index contributed by atoms with van der Waals surface area (Å²) in [4.78, 5) is 28.9. The van der Waals surface area contributed by atoms with Gasteiger partial charge in [0, 0.05) is 25.9 Å². The Morgan fingerprint density at radius 2 is 1.73 bits per heavy atom. The van der Waals surface area contributed by atoms with Crippen molar-refractivity contribution in [1.82, 2.24) is 10.2 Å². The maximum absolute atomic E-state index is 13.8. The number of rotatable bonds is 12. The Morgan fingerprint density at radius 1 is 0.946 bits per heavy atom. The van der Waals surface area contributed by atoms with Crippen LogP contribution >= 0.6 is 0 Å². The van der Waals surface area contributed by atoms with Gasteiger partial charge in [0.15, 0.2) is 11.5 Å². The van der Waals surface area contributed by atoms with Crippen molar-refractivity contribution < 1.29 is 23.8 Å². The minimum Gasteiger partial charge on any atom is -0.497 e. The van der Waals surface area contributed by atoms with Crippen molar-refractivity contribution in [3.05, 3.63) is 89.5 Å². The van der Waals surface area contributed by atoms with Crippen LogP contribution in [0.25, 0.3) is 0 Å². The topological polar surface area (TPSA) is 77.1 Å². The number of hydrogen-bond acceptors (Lipinski definition) is 5. The van der Waals surface area contributed by atoms with Gasteiger partial charge in [0.1, 0.15) is 11.8 Å². The first-order valence-corrected chi connectivity index (χ1v) is 12.7. The number of nitrogens with zero attached hydrogens (tertiary/aromatic N) is 1. The Morgan fingerprint density at radius 3 is 2.51 bits per heavy atom. The average Bonchev–Trinajstić information content (AvgIpc) is 3.41. The molecule has 4 rings (SSSR count). The van der Waals surface area contributed by atoms with E-state index in [9.17, 15) is 9.59 Å². The lowest BCUT2D eigenvalue weighted by molar-refractivity contribution is -0.141. The molecule has 0 unspecified atom stereocenters. The van der Waals surface area contributed by atoms with E-state index in [4.69, 9.17) is 14.2 Å². The summed E-state index contributed by atoms with van der Waals surface area (Å²) in [6, 6.07) is 22.5. The van der Waals surface area contributed by atoms with E-state index in [1.807, 2.05) is 79.7 Å². The SMILES string of the molecule is CCCNC(=O)[C@H](Cc1ccccc1)N(Cc1cccc(OC)c1)C(=O)CCc1ccc2c(c1)OCO2. The van der Waals surface area contributed by atoms with Gasteiger partial charge >= 0.3 is 0 Å². The zero-order valence-corrected chi connectivity index (χ0v) is 21.4. The number of ether oxygens (including phenoxy) is 3. The summed E-state index contributed by atoms with van der Waals surface area (Å²) in [7, 11) is 1.61. The molecule has 0 aromatic heterocycles. The molecule has 7 nitrogen and oxygen atoms in total. The van der Waals surface area contributed by atoms with Gasteiger partial charge in [-0.25, -0.2) is 0 Å². The van der Waals surface area contributed by atoms with Crippen molar-refractivity contribution in [3.63, 3.8) is 0 Å². The van der Waals surface area contributed by atoms with Crippen LogP contribution in [0.15, 0.2) is 72.8 Å². The summed E-state index contributed by atoms with van der Waals surface area (Å²) in [6.45, 7) is 3.08. The molecule has 37 heavy (non-hydrogen) atoms. The summed E-state index contributed by atoms with van der Waals surface area (Å²) in [5.41, 5.74) is 2.88. The maximum Gasteiger partial charge on any atom is 0.243 e. The fourth-order valence-electron chi connectivity index (χ4n) is 4.38. The van der Waals surface area contributed by atoms with Gasteiger partial charge in [0.25, 0.3) is 0 Å². The number of carbonyl (C=O) groups excluding carboxylic acids is 2. The molecule has 1 heterocycles. The van der Waals surface area contributed by atoms with Crippen molar-refractivity contribution >= 4 is 11.8 Å². The molecule has 1 N–H and O–H groups in total. The highest BCUT2D eigenvalue weighted by atomic mass is 16.7. The second-order valence-corrected chi connectivity index (χ2v) is 9.06. The maximum atomic E-state index is 13.8. The highest BCUT2D eigenvalue weighted by molar-refractivity contribution is 5.88. The number of amides is 2. The Hall–Kier alpha value is -4.00. The van der Waals surface area contributed by atoms with Gasteiger partial charge in [-0.3, -0.25) is 9.59 Å². The quantitative estimate of drug-likeness (QED) is 0.394. The molecule has 7 heteroatoms. The van der Waals surface area contributed by atoms with Crippen molar-refractivity contribution in [2.75, 3.05) is 20.4 Å². The van der Waals surface area contributed by atoms with Crippen LogP contribution in [0.3, 0.4) is 0 Å². The minimum absolute atomic E-state index is 0.0898. The molecular formula is C30H34N2O5. The Balaban J connectivity index is 1.59. The lowest BCUT2D eigenvalue weighted by Gasteiger charge is -2.32. The third-order valence-electron chi connectivity index (χ3n) is 6.37. The second kappa shape index (κ2) is 12.8. The van der Waals surface area contributed by atoms with Gasteiger partial charge in [-0.2, -0.15) is 0 Å². The molecule has 3 aromatic rings. The first kappa shape index (κ1) is 26.1. The van der Waals surface area contributed by atoms with Gasteiger partial charge in [-0.15, -0.1) is 0 Å². The molecule has 1 atom stereocenters. The van der Waals surface area contributed by atoms with E-state index < -0.39 is 6.04 Å². The van der Waals surface area contributed by atoms with E-state index in [-0.39, 0.29) is 25.0 Å². The zero-order valence-electron chi connectivity index (χ0n) is 21.4. The molecule has 2 amide bonds. The monoisotopic (exact) mass is 502 g/mol. The van der Waals surface area contributed by atoms with Gasteiger partial charge < -0.3 is 24.4 Å². The van der Waals surface area contributed by atoms with Crippen molar-refractivity contribution in [3.8, 4) is 17.2 Å². The normalized spacial score (nSPS) is 12.6. The van der Waals surface area contributed by atoms with Crippen LogP contribution in [0.4, 0.5) is 0 Å². The molecule has 1 aliphatic heterocycles. The summed E-state index contributed by atoms with van der Waals surface area (Å²) in [5, 5.41) is 3.01. The largest absolute Gasteiger partial charge is 0.497 e. The van der Waals surface area contributed by atoms with Crippen molar-refractivity contribution in [2.24, 2.45) is 0 Å². The third-order valence-corrected chi connectivity index (χ3v) is 6.37.